The van der Waals surface area contributed by atoms with Crippen molar-refractivity contribution in [3.63, 3.8) is 0 Å². The summed E-state index contributed by atoms with van der Waals surface area (Å²) in [6.07, 6.45) is 1.15. The molecule has 4 aromatic rings. The Bertz CT molecular complexity index is 1190. The molecule has 5 heteroatoms. The molecule has 0 fully saturated rings. The Hall–Kier alpha value is -3.57. The van der Waals surface area contributed by atoms with Crippen LogP contribution in [0.1, 0.15) is 0 Å². The summed E-state index contributed by atoms with van der Waals surface area (Å²) in [5.41, 5.74) is 11.4. The Labute approximate surface area is 178 Å². The van der Waals surface area contributed by atoms with E-state index in [0.717, 1.165) is 28.6 Å². The van der Waals surface area contributed by atoms with Crippen molar-refractivity contribution in [1.82, 2.24) is 0 Å². The van der Waals surface area contributed by atoms with E-state index < -0.39 is 10.0 Å². The molecule has 0 aromatic heterocycles. The highest BCUT2D eigenvalue weighted by atomic mass is 32.2. The highest BCUT2D eigenvalue weighted by Gasteiger charge is 2.07. The van der Waals surface area contributed by atoms with E-state index in [1.54, 1.807) is 12.1 Å². The van der Waals surface area contributed by atoms with E-state index in [1.807, 2.05) is 84.9 Å². The van der Waals surface area contributed by atoms with Crippen LogP contribution in [-0.2, 0) is 10.0 Å². The minimum atomic E-state index is -3.26. The fraction of sp³-hybridized carbons (Fsp3) is 0.0400. The molecule has 0 aliphatic heterocycles. The maximum absolute atomic E-state index is 11.3. The Balaban J connectivity index is 0.000000177. The number of para-hydroxylation sites is 2. The normalized spacial score (nSPS) is 10.6. The third-order valence-electron chi connectivity index (χ3n) is 4.35. The van der Waals surface area contributed by atoms with Crippen LogP contribution in [0.2, 0.25) is 0 Å². The quantitative estimate of drug-likeness (QED) is 0.422. The van der Waals surface area contributed by atoms with Gasteiger partial charge in [0.1, 0.15) is 0 Å². The monoisotopic (exact) mass is 416 g/mol. The molecule has 152 valence electrons. The Kier molecular flexibility index (Phi) is 6.88. The van der Waals surface area contributed by atoms with E-state index in [0.29, 0.717) is 5.69 Å². The van der Waals surface area contributed by atoms with Gasteiger partial charge < -0.3 is 5.73 Å². The zero-order valence-corrected chi connectivity index (χ0v) is 17.5. The van der Waals surface area contributed by atoms with Gasteiger partial charge in [0.25, 0.3) is 0 Å². The highest BCUT2D eigenvalue weighted by molar-refractivity contribution is 7.92. The van der Waals surface area contributed by atoms with Crippen LogP contribution >= 0.6 is 0 Å². The van der Waals surface area contributed by atoms with E-state index in [9.17, 15) is 8.42 Å². The molecule has 0 spiro atoms. The highest BCUT2D eigenvalue weighted by Crippen LogP contribution is 2.28. The average Bonchev–Trinajstić information content (AvgIpc) is 2.75. The van der Waals surface area contributed by atoms with Crippen LogP contribution in [0, 0.1) is 0 Å². The molecule has 0 atom stereocenters. The zero-order valence-electron chi connectivity index (χ0n) is 16.7. The maximum Gasteiger partial charge on any atom is 0.229 e. The van der Waals surface area contributed by atoms with Gasteiger partial charge in [-0.1, -0.05) is 97.1 Å². The van der Waals surface area contributed by atoms with Crippen LogP contribution in [0.4, 0.5) is 11.4 Å². The van der Waals surface area contributed by atoms with Crippen molar-refractivity contribution < 1.29 is 8.42 Å². The molecule has 0 saturated carbocycles. The second kappa shape index (κ2) is 9.76. The van der Waals surface area contributed by atoms with Crippen molar-refractivity contribution in [1.29, 1.82) is 0 Å². The van der Waals surface area contributed by atoms with Gasteiger partial charge in [-0.3, -0.25) is 4.72 Å². The first-order valence-electron chi connectivity index (χ1n) is 9.46. The Morgan fingerprint density at radius 3 is 1.57 bits per heavy atom. The van der Waals surface area contributed by atoms with Gasteiger partial charge in [0, 0.05) is 16.8 Å². The molecule has 4 aromatic carbocycles. The number of nitrogens with one attached hydrogen (secondary N) is 1. The minimum absolute atomic E-state index is 0.598. The maximum atomic E-state index is 11.3. The lowest BCUT2D eigenvalue weighted by Crippen LogP contribution is -2.10. The average molecular weight is 417 g/mol. The van der Waals surface area contributed by atoms with E-state index in [4.69, 9.17) is 5.73 Å². The van der Waals surface area contributed by atoms with Crippen molar-refractivity contribution in [2.75, 3.05) is 16.7 Å². The summed E-state index contributed by atoms with van der Waals surface area (Å²) in [7, 11) is -3.26. The fourth-order valence-electron chi connectivity index (χ4n) is 3.02. The summed E-state index contributed by atoms with van der Waals surface area (Å²) in [4.78, 5) is 0. The van der Waals surface area contributed by atoms with E-state index in [2.05, 4.69) is 16.9 Å². The van der Waals surface area contributed by atoms with Crippen molar-refractivity contribution in [2.24, 2.45) is 0 Å². The molecule has 0 bridgehead atoms. The fourth-order valence-corrected chi connectivity index (χ4v) is 3.60. The molecule has 30 heavy (non-hydrogen) atoms. The summed E-state index contributed by atoms with van der Waals surface area (Å²) in [5, 5.41) is 0. The van der Waals surface area contributed by atoms with Gasteiger partial charge >= 0.3 is 0 Å². The first kappa shape index (κ1) is 21.1. The number of hydrogen-bond acceptors (Lipinski definition) is 3. The summed E-state index contributed by atoms with van der Waals surface area (Å²) < 4.78 is 25.1. The van der Waals surface area contributed by atoms with Crippen molar-refractivity contribution >= 4 is 21.4 Å². The zero-order chi connectivity index (χ0) is 21.4. The van der Waals surface area contributed by atoms with E-state index >= 15 is 0 Å². The number of hydrogen-bond donors (Lipinski definition) is 2. The largest absolute Gasteiger partial charge is 0.398 e. The van der Waals surface area contributed by atoms with Gasteiger partial charge in [0.15, 0.2) is 0 Å². The molecule has 0 radical (unpaired) electrons. The molecule has 0 amide bonds. The molecule has 0 aliphatic rings. The number of benzene rings is 4. The molecular weight excluding hydrogens is 392 g/mol. The number of nitrogen functional groups attached to an aromatic ring is 1. The minimum Gasteiger partial charge on any atom is -0.398 e. The van der Waals surface area contributed by atoms with Crippen LogP contribution in [-0.4, -0.2) is 14.7 Å². The third-order valence-corrected chi connectivity index (χ3v) is 4.94. The lowest BCUT2D eigenvalue weighted by molar-refractivity contribution is 0.607. The SMILES string of the molecule is CS(=O)(=O)Nc1ccccc1-c1ccccc1.Nc1ccccc1-c1ccccc1. The molecular formula is C25H24N2O2S. The van der Waals surface area contributed by atoms with Crippen LogP contribution in [0.5, 0.6) is 0 Å². The molecule has 0 saturated heterocycles. The molecule has 4 rings (SSSR count). The van der Waals surface area contributed by atoms with E-state index in [-0.39, 0.29) is 0 Å². The van der Waals surface area contributed by atoms with Crippen LogP contribution in [0.3, 0.4) is 0 Å². The number of nitrogens with two attached hydrogens (primary N) is 1. The molecule has 4 nitrogen and oxygen atoms in total. The molecule has 3 N–H and O–H groups in total. The molecule has 0 heterocycles. The lowest BCUT2D eigenvalue weighted by Gasteiger charge is -2.10. The first-order valence-corrected chi connectivity index (χ1v) is 11.4. The predicted molar refractivity (Wildman–Crippen MR) is 127 cm³/mol. The van der Waals surface area contributed by atoms with Gasteiger partial charge in [-0.2, -0.15) is 0 Å². The topological polar surface area (TPSA) is 72.2 Å². The van der Waals surface area contributed by atoms with Gasteiger partial charge in [-0.05, 0) is 23.3 Å². The summed E-state index contributed by atoms with van der Waals surface area (Å²) in [6, 6.07) is 35.1. The molecule has 0 unspecified atom stereocenters. The molecule has 0 aliphatic carbocycles. The van der Waals surface area contributed by atoms with Gasteiger partial charge in [-0.15, -0.1) is 0 Å². The smallest absolute Gasteiger partial charge is 0.229 e. The van der Waals surface area contributed by atoms with Crippen molar-refractivity contribution in [3.05, 3.63) is 109 Å². The van der Waals surface area contributed by atoms with Crippen molar-refractivity contribution in [3.8, 4) is 22.3 Å². The van der Waals surface area contributed by atoms with Gasteiger partial charge in [0.05, 0.1) is 11.9 Å². The Morgan fingerprint density at radius 2 is 1.03 bits per heavy atom. The summed E-state index contributed by atoms with van der Waals surface area (Å²) in [5.74, 6) is 0. The second-order valence-corrected chi connectivity index (χ2v) is 8.49. The third kappa shape index (κ3) is 5.96. The summed E-state index contributed by atoms with van der Waals surface area (Å²) in [6.45, 7) is 0. The van der Waals surface area contributed by atoms with Crippen LogP contribution in [0.15, 0.2) is 109 Å². The number of rotatable bonds is 4. The number of sulfonamides is 1. The standard InChI is InChI=1S/C13H13NO2S.C12H11N/c1-17(15,16)14-13-10-6-5-9-12(13)11-7-3-2-4-8-11;13-12-9-5-4-8-11(12)10-6-2-1-3-7-10/h2-10,14H,1H3;1-9H,13H2. The van der Waals surface area contributed by atoms with Crippen molar-refractivity contribution in [2.45, 2.75) is 0 Å². The first-order chi connectivity index (χ1) is 14.4. The predicted octanol–water partition coefficient (Wildman–Crippen LogP) is 5.66. The Morgan fingerprint density at radius 1 is 0.600 bits per heavy atom. The van der Waals surface area contributed by atoms with Crippen LogP contribution < -0.4 is 10.5 Å². The van der Waals surface area contributed by atoms with E-state index in [1.165, 1.54) is 5.56 Å². The van der Waals surface area contributed by atoms with Crippen LogP contribution in [0.25, 0.3) is 22.3 Å². The number of anilines is 2. The van der Waals surface area contributed by atoms with Gasteiger partial charge in [0.2, 0.25) is 10.0 Å². The van der Waals surface area contributed by atoms with Gasteiger partial charge in [-0.25, -0.2) is 8.42 Å². The lowest BCUT2D eigenvalue weighted by atomic mass is 10.0. The second-order valence-electron chi connectivity index (χ2n) is 6.74. The summed E-state index contributed by atoms with van der Waals surface area (Å²) >= 11 is 0.